The van der Waals surface area contributed by atoms with Gasteiger partial charge in [-0.3, -0.25) is 10.1 Å². The lowest BCUT2D eigenvalue weighted by Gasteiger charge is -2.33. The van der Waals surface area contributed by atoms with Gasteiger partial charge in [-0.25, -0.2) is 4.98 Å². The number of hydrogen-bond acceptors (Lipinski definition) is 5. The van der Waals surface area contributed by atoms with Crippen LogP contribution in [0.1, 0.15) is 5.69 Å². The van der Waals surface area contributed by atoms with Crippen molar-refractivity contribution < 1.29 is 9.82 Å². The summed E-state index contributed by atoms with van der Waals surface area (Å²) in [7, 11) is 0. The van der Waals surface area contributed by atoms with E-state index in [0.29, 0.717) is 0 Å². The molecular weight excluding hydrogens is 360 g/mol. The van der Waals surface area contributed by atoms with Gasteiger partial charge in [-0.2, -0.15) is 0 Å². The molecule has 1 N–H and O–H groups in total. The maximum atomic E-state index is 10.8. The smallest absolute Gasteiger partial charge is 0.269 e. The molecule has 0 saturated carbocycles. The van der Waals surface area contributed by atoms with Crippen LogP contribution in [-0.4, -0.2) is 36.1 Å². The van der Waals surface area contributed by atoms with Gasteiger partial charge in [-0.1, -0.05) is 30.3 Å². The number of thiazole rings is 1. The van der Waals surface area contributed by atoms with Crippen molar-refractivity contribution in [2.75, 3.05) is 31.1 Å². The fraction of sp³-hybridized carbons (Fsp3) is 0.250. The van der Waals surface area contributed by atoms with Gasteiger partial charge in [0.05, 0.1) is 31.1 Å². The van der Waals surface area contributed by atoms with Crippen LogP contribution in [0.5, 0.6) is 0 Å². The highest BCUT2D eigenvalue weighted by Crippen LogP contribution is 2.23. The lowest BCUT2D eigenvalue weighted by atomic mass is 10.2. The fourth-order valence-corrected chi connectivity index (χ4v) is 4.23. The highest BCUT2D eigenvalue weighted by Gasteiger charge is 2.21. The number of nitro groups is 1. The van der Waals surface area contributed by atoms with Crippen LogP contribution in [0.4, 0.5) is 11.4 Å². The van der Waals surface area contributed by atoms with Crippen molar-refractivity contribution in [1.82, 2.24) is 4.98 Å². The van der Waals surface area contributed by atoms with Gasteiger partial charge in [0.2, 0.25) is 0 Å². The van der Waals surface area contributed by atoms with Crippen molar-refractivity contribution in [1.29, 1.82) is 0 Å². The molecule has 1 saturated heterocycles. The van der Waals surface area contributed by atoms with Crippen LogP contribution in [0, 0.1) is 10.1 Å². The summed E-state index contributed by atoms with van der Waals surface area (Å²) in [5, 5.41) is 14.0. The summed E-state index contributed by atoms with van der Waals surface area (Å²) in [6, 6.07) is 17.1. The van der Waals surface area contributed by atoms with Gasteiger partial charge in [0.15, 0.2) is 0 Å². The Bertz CT molecular complexity index is 903. The first-order valence-corrected chi connectivity index (χ1v) is 9.90. The van der Waals surface area contributed by atoms with Gasteiger partial charge in [-0.15, -0.1) is 11.3 Å². The van der Waals surface area contributed by atoms with Crippen molar-refractivity contribution in [2.24, 2.45) is 0 Å². The van der Waals surface area contributed by atoms with E-state index >= 15 is 0 Å². The average Bonchev–Trinajstić information content (AvgIpc) is 3.18. The lowest BCUT2D eigenvalue weighted by molar-refractivity contribution is -0.914. The molecule has 0 bridgehead atoms. The molecule has 0 radical (unpaired) electrons. The zero-order valence-corrected chi connectivity index (χ0v) is 15.7. The molecule has 3 aromatic rings. The summed E-state index contributed by atoms with van der Waals surface area (Å²) in [4.78, 5) is 19.0. The molecule has 6 nitrogen and oxygen atoms in total. The Labute approximate surface area is 161 Å². The Hall–Kier alpha value is -2.77. The van der Waals surface area contributed by atoms with E-state index in [9.17, 15) is 10.1 Å². The van der Waals surface area contributed by atoms with Gasteiger partial charge >= 0.3 is 0 Å². The summed E-state index contributed by atoms with van der Waals surface area (Å²) >= 11 is 1.70. The average molecular weight is 381 g/mol. The van der Waals surface area contributed by atoms with Crippen molar-refractivity contribution in [3.05, 3.63) is 75.8 Å². The van der Waals surface area contributed by atoms with Gasteiger partial charge in [0, 0.05) is 28.8 Å². The molecular formula is C20H21N4O2S+. The first-order valence-electron chi connectivity index (χ1n) is 9.02. The number of quaternary nitrogens is 1. The molecule has 0 amide bonds. The van der Waals surface area contributed by atoms with Crippen LogP contribution in [0.15, 0.2) is 60.0 Å². The minimum Gasteiger partial charge on any atom is -0.360 e. The molecule has 0 atom stereocenters. The third-order valence-corrected chi connectivity index (χ3v) is 5.84. The number of nitro benzene ring substituents is 1. The quantitative estimate of drug-likeness (QED) is 0.545. The Kier molecular flexibility index (Phi) is 5.13. The number of aromatic nitrogens is 1. The van der Waals surface area contributed by atoms with E-state index in [-0.39, 0.29) is 10.6 Å². The Morgan fingerprint density at radius 1 is 1.07 bits per heavy atom. The van der Waals surface area contributed by atoms with E-state index in [1.54, 1.807) is 23.5 Å². The van der Waals surface area contributed by atoms with Crippen LogP contribution in [-0.2, 0) is 6.54 Å². The Morgan fingerprint density at radius 2 is 1.78 bits per heavy atom. The minimum absolute atomic E-state index is 0.140. The zero-order chi connectivity index (χ0) is 18.6. The molecule has 1 aromatic heterocycles. The predicted octanol–water partition coefficient (Wildman–Crippen LogP) is 2.62. The highest BCUT2D eigenvalue weighted by atomic mass is 32.1. The molecule has 1 aliphatic heterocycles. The monoisotopic (exact) mass is 381 g/mol. The molecule has 2 aromatic carbocycles. The van der Waals surface area contributed by atoms with Gasteiger partial charge in [-0.05, 0) is 12.1 Å². The predicted molar refractivity (Wildman–Crippen MR) is 107 cm³/mol. The van der Waals surface area contributed by atoms with Crippen molar-refractivity contribution in [3.8, 4) is 10.6 Å². The molecule has 1 aliphatic rings. The summed E-state index contributed by atoms with van der Waals surface area (Å²) in [5.74, 6) is 0. The van der Waals surface area contributed by atoms with Crippen molar-refractivity contribution >= 4 is 22.7 Å². The molecule has 0 spiro atoms. The molecule has 0 unspecified atom stereocenters. The summed E-state index contributed by atoms with van der Waals surface area (Å²) in [5.41, 5.74) is 3.52. The number of anilines is 1. The van der Waals surface area contributed by atoms with Crippen LogP contribution in [0.2, 0.25) is 0 Å². The lowest BCUT2D eigenvalue weighted by Crippen LogP contribution is -3.13. The van der Waals surface area contributed by atoms with E-state index in [4.69, 9.17) is 4.98 Å². The maximum absolute atomic E-state index is 10.8. The topological polar surface area (TPSA) is 63.7 Å². The SMILES string of the molecule is O=[N+]([O-])c1ccc(N2CC[NH+](Cc3csc(-c4ccccc4)n3)CC2)cc1. The first kappa shape index (κ1) is 17.6. The standard InChI is InChI=1S/C20H20N4O2S/c25-24(26)19-8-6-18(7-9-19)23-12-10-22(11-13-23)14-17-15-27-20(21-17)16-4-2-1-3-5-16/h1-9,15H,10-14H2/p+1. The van der Waals surface area contributed by atoms with Crippen LogP contribution in [0.3, 0.4) is 0 Å². The second-order valence-corrected chi connectivity index (χ2v) is 7.56. The van der Waals surface area contributed by atoms with E-state index in [0.717, 1.165) is 49.1 Å². The van der Waals surface area contributed by atoms with E-state index in [1.165, 1.54) is 10.5 Å². The maximum Gasteiger partial charge on any atom is 0.269 e. The summed E-state index contributed by atoms with van der Waals surface area (Å²) in [6.45, 7) is 4.91. The summed E-state index contributed by atoms with van der Waals surface area (Å²) < 4.78 is 0. The molecule has 7 heteroatoms. The van der Waals surface area contributed by atoms with Crippen LogP contribution < -0.4 is 9.80 Å². The normalized spacial score (nSPS) is 15.0. The van der Waals surface area contributed by atoms with E-state index < -0.39 is 0 Å². The second kappa shape index (κ2) is 7.85. The number of benzene rings is 2. The molecule has 138 valence electrons. The van der Waals surface area contributed by atoms with Crippen molar-refractivity contribution in [2.45, 2.75) is 6.54 Å². The minimum atomic E-state index is -0.358. The summed E-state index contributed by atoms with van der Waals surface area (Å²) in [6.07, 6.45) is 0. The second-order valence-electron chi connectivity index (χ2n) is 6.70. The molecule has 2 heterocycles. The number of nitrogens with one attached hydrogen (secondary N) is 1. The fourth-order valence-electron chi connectivity index (χ4n) is 3.40. The number of rotatable bonds is 5. The molecule has 1 fully saturated rings. The number of nitrogens with zero attached hydrogens (tertiary/aromatic N) is 3. The number of non-ortho nitro benzene ring substituents is 1. The largest absolute Gasteiger partial charge is 0.360 e. The molecule has 27 heavy (non-hydrogen) atoms. The number of hydrogen-bond donors (Lipinski definition) is 1. The van der Waals surface area contributed by atoms with Gasteiger partial charge in [0.1, 0.15) is 17.2 Å². The Balaban J connectivity index is 1.33. The van der Waals surface area contributed by atoms with Gasteiger partial charge < -0.3 is 9.80 Å². The van der Waals surface area contributed by atoms with Crippen LogP contribution >= 0.6 is 11.3 Å². The van der Waals surface area contributed by atoms with E-state index in [1.807, 2.05) is 30.3 Å². The highest BCUT2D eigenvalue weighted by molar-refractivity contribution is 7.13. The van der Waals surface area contributed by atoms with Crippen LogP contribution in [0.25, 0.3) is 10.6 Å². The molecule has 4 rings (SSSR count). The third kappa shape index (κ3) is 4.15. The first-order chi connectivity index (χ1) is 13.2. The molecule has 0 aliphatic carbocycles. The zero-order valence-electron chi connectivity index (χ0n) is 14.9. The van der Waals surface area contributed by atoms with Gasteiger partial charge in [0.25, 0.3) is 5.69 Å². The Morgan fingerprint density at radius 3 is 2.44 bits per heavy atom. The van der Waals surface area contributed by atoms with E-state index in [2.05, 4.69) is 22.4 Å². The van der Waals surface area contributed by atoms with Crippen molar-refractivity contribution in [3.63, 3.8) is 0 Å². The number of piperazine rings is 1. The third-order valence-electron chi connectivity index (χ3n) is 4.90.